The Morgan fingerprint density at radius 2 is 1.97 bits per heavy atom. The molecule has 34 heavy (non-hydrogen) atoms. The van der Waals surface area contributed by atoms with E-state index in [9.17, 15) is 17.6 Å². The summed E-state index contributed by atoms with van der Waals surface area (Å²) in [5.41, 5.74) is -0.361. The van der Waals surface area contributed by atoms with Gasteiger partial charge in [0.2, 0.25) is 5.82 Å². The smallest absolute Gasteiger partial charge is 0.411 e. The van der Waals surface area contributed by atoms with Crippen molar-refractivity contribution < 1.29 is 36.3 Å². The largest absolute Gasteiger partial charge is 0.444 e. The van der Waals surface area contributed by atoms with E-state index in [0.29, 0.717) is 19.6 Å². The van der Waals surface area contributed by atoms with Crippen molar-refractivity contribution in [3.05, 3.63) is 29.9 Å². The Morgan fingerprint density at radius 3 is 2.59 bits per heavy atom. The number of aromatic nitrogens is 2. The van der Waals surface area contributed by atoms with Crippen LogP contribution in [0.25, 0.3) is 11.4 Å². The van der Waals surface area contributed by atoms with Crippen molar-refractivity contribution in [1.29, 1.82) is 0 Å². The Hall–Kier alpha value is -2.57. The van der Waals surface area contributed by atoms with Crippen LogP contribution in [0.15, 0.2) is 27.6 Å². The molecule has 1 aromatic carbocycles. The van der Waals surface area contributed by atoms with Crippen molar-refractivity contribution in [2.24, 2.45) is 0 Å². The third kappa shape index (κ3) is 6.51. The second-order valence-corrected chi connectivity index (χ2v) is 11.1. The highest BCUT2D eigenvalue weighted by Crippen LogP contribution is 2.23. The van der Waals surface area contributed by atoms with E-state index in [1.807, 2.05) is 27.7 Å². The predicted octanol–water partition coefficient (Wildman–Crippen LogP) is 3.21. The van der Waals surface area contributed by atoms with Crippen molar-refractivity contribution in [2.75, 3.05) is 26.1 Å². The van der Waals surface area contributed by atoms with Crippen molar-refractivity contribution in [1.82, 2.24) is 15.0 Å². The number of halogens is 1. The SMILES string of the molecule is CCC1COCC(COCc2nc(-c3ccc(S(C)(=O)=O)c(F)c3)no2)N1C(=O)OC(C)(C)C. The monoisotopic (exact) mass is 499 g/mol. The number of rotatable bonds is 7. The highest BCUT2D eigenvalue weighted by molar-refractivity contribution is 7.90. The minimum absolute atomic E-state index is 0.0354. The number of carbonyl (C=O) groups is 1. The van der Waals surface area contributed by atoms with E-state index < -0.39 is 32.2 Å². The number of amides is 1. The summed E-state index contributed by atoms with van der Waals surface area (Å²) in [5, 5.41) is 3.80. The Balaban J connectivity index is 1.64. The van der Waals surface area contributed by atoms with Crippen LogP contribution in [0.3, 0.4) is 0 Å². The number of nitrogens with zero attached hydrogens (tertiary/aromatic N) is 3. The molecule has 2 heterocycles. The minimum atomic E-state index is -3.68. The van der Waals surface area contributed by atoms with E-state index in [0.717, 1.165) is 18.4 Å². The standard InChI is InChI=1S/C22H30FN3O7S/c1-6-15-10-30-11-16(26(15)21(27)32-22(2,3)4)12-31-13-19-24-20(25-33-19)14-7-8-18(17(23)9-14)34(5,28)29/h7-9,15-16H,6,10-13H2,1-5H3. The molecule has 1 amide bonds. The van der Waals surface area contributed by atoms with Crippen molar-refractivity contribution in [2.45, 2.75) is 63.3 Å². The normalized spacial score (nSPS) is 19.3. The van der Waals surface area contributed by atoms with Crippen molar-refractivity contribution >= 4 is 15.9 Å². The first-order valence-corrected chi connectivity index (χ1v) is 12.8. The van der Waals surface area contributed by atoms with Gasteiger partial charge in [-0.15, -0.1) is 0 Å². The van der Waals surface area contributed by atoms with Gasteiger partial charge >= 0.3 is 6.09 Å². The highest BCUT2D eigenvalue weighted by Gasteiger charge is 2.37. The molecule has 0 aliphatic carbocycles. The lowest BCUT2D eigenvalue weighted by molar-refractivity contribution is -0.0841. The molecule has 0 spiro atoms. The first kappa shape index (κ1) is 26.0. The quantitative estimate of drug-likeness (QED) is 0.565. The lowest BCUT2D eigenvalue weighted by atomic mass is 10.1. The molecule has 1 aromatic heterocycles. The maximum absolute atomic E-state index is 14.2. The highest BCUT2D eigenvalue weighted by atomic mass is 32.2. The minimum Gasteiger partial charge on any atom is -0.444 e. The third-order valence-corrected chi connectivity index (χ3v) is 6.21. The van der Waals surface area contributed by atoms with Crippen LogP contribution in [0.2, 0.25) is 0 Å². The van der Waals surface area contributed by atoms with Crippen LogP contribution >= 0.6 is 0 Å². The van der Waals surface area contributed by atoms with E-state index >= 15 is 0 Å². The fourth-order valence-corrected chi connectivity index (χ4v) is 4.24. The van der Waals surface area contributed by atoms with Gasteiger partial charge < -0.3 is 18.7 Å². The van der Waals surface area contributed by atoms with E-state index in [1.54, 1.807) is 4.90 Å². The van der Waals surface area contributed by atoms with Crippen LogP contribution < -0.4 is 0 Å². The van der Waals surface area contributed by atoms with E-state index in [2.05, 4.69) is 10.1 Å². The molecular formula is C22H30FN3O7S. The Labute approximate surface area is 198 Å². The summed E-state index contributed by atoms with van der Waals surface area (Å²) >= 11 is 0. The molecule has 0 radical (unpaired) electrons. The molecule has 0 bridgehead atoms. The number of hydrogen-bond donors (Lipinski definition) is 0. The second-order valence-electron chi connectivity index (χ2n) is 9.09. The van der Waals surface area contributed by atoms with Crippen LogP contribution in [0, 0.1) is 5.82 Å². The van der Waals surface area contributed by atoms with Crippen LogP contribution in [-0.2, 0) is 30.7 Å². The van der Waals surface area contributed by atoms with E-state index in [-0.39, 0.29) is 42.6 Å². The zero-order valence-electron chi connectivity index (χ0n) is 19.9. The number of morpholine rings is 1. The van der Waals surface area contributed by atoms with Crippen LogP contribution in [0.4, 0.5) is 9.18 Å². The van der Waals surface area contributed by atoms with Gasteiger partial charge in [0, 0.05) is 11.8 Å². The maximum Gasteiger partial charge on any atom is 0.411 e. The lowest BCUT2D eigenvalue weighted by Crippen LogP contribution is -2.57. The summed E-state index contributed by atoms with van der Waals surface area (Å²) in [7, 11) is -3.68. The summed E-state index contributed by atoms with van der Waals surface area (Å²) in [6.45, 7) is 8.25. The zero-order chi connectivity index (χ0) is 25.1. The van der Waals surface area contributed by atoms with Gasteiger partial charge in [0.1, 0.15) is 22.9 Å². The fourth-order valence-electron chi connectivity index (χ4n) is 3.51. The average molecular weight is 500 g/mol. The molecule has 1 aliphatic rings. The van der Waals surface area contributed by atoms with Gasteiger partial charge in [-0.3, -0.25) is 4.90 Å². The number of hydrogen-bond acceptors (Lipinski definition) is 9. The molecule has 10 nitrogen and oxygen atoms in total. The molecule has 0 saturated carbocycles. The van der Waals surface area contributed by atoms with Gasteiger partial charge in [-0.25, -0.2) is 17.6 Å². The molecular weight excluding hydrogens is 469 g/mol. The molecule has 12 heteroatoms. The van der Waals surface area contributed by atoms with Crippen molar-refractivity contribution in [3.8, 4) is 11.4 Å². The fraction of sp³-hybridized carbons (Fsp3) is 0.591. The predicted molar refractivity (Wildman–Crippen MR) is 119 cm³/mol. The van der Waals surface area contributed by atoms with E-state index in [1.165, 1.54) is 6.07 Å². The zero-order valence-corrected chi connectivity index (χ0v) is 20.7. The summed E-state index contributed by atoms with van der Waals surface area (Å²) in [6.07, 6.45) is 1.21. The van der Waals surface area contributed by atoms with Gasteiger partial charge in [0.15, 0.2) is 9.84 Å². The maximum atomic E-state index is 14.2. The van der Waals surface area contributed by atoms with Gasteiger partial charge in [-0.1, -0.05) is 12.1 Å². The molecule has 2 aromatic rings. The van der Waals surface area contributed by atoms with Gasteiger partial charge in [0.05, 0.1) is 31.9 Å². The van der Waals surface area contributed by atoms with Crippen LogP contribution in [0.5, 0.6) is 0 Å². The second kappa shape index (κ2) is 10.4. The van der Waals surface area contributed by atoms with Gasteiger partial charge in [-0.2, -0.15) is 4.98 Å². The first-order chi connectivity index (χ1) is 15.9. The Kier molecular flexibility index (Phi) is 7.94. The Morgan fingerprint density at radius 1 is 1.26 bits per heavy atom. The first-order valence-electron chi connectivity index (χ1n) is 10.9. The molecule has 1 saturated heterocycles. The summed E-state index contributed by atoms with van der Waals surface area (Å²) in [4.78, 5) is 18.2. The van der Waals surface area contributed by atoms with Gasteiger partial charge in [-0.05, 0) is 45.4 Å². The summed E-state index contributed by atoms with van der Waals surface area (Å²) < 4.78 is 59.4. The Bertz CT molecular complexity index is 1110. The molecule has 188 valence electrons. The lowest BCUT2D eigenvalue weighted by Gasteiger charge is -2.41. The molecule has 2 unspecified atom stereocenters. The van der Waals surface area contributed by atoms with E-state index in [4.69, 9.17) is 18.7 Å². The molecule has 1 fully saturated rings. The number of sulfone groups is 1. The molecule has 3 rings (SSSR count). The molecule has 1 aliphatic heterocycles. The van der Waals surface area contributed by atoms with Gasteiger partial charge in [0.25, 0.3) is 5.89 Å². The molecule has 0 N–H and O–H groups in total. The number of benzene rings is 1. The van der Waals surface area contributed by atoms with Crippen molar-refractivity contribution in [3.63, 3.8) is 0 Å². The molecule has 2 atom stereocenters. The number of ether oxygens (including phenoxy) is 3. The number of carbonyl (C=O) groups excluding carboxylic acids is 1. The van der Waals surface area contributed by atoms with Crippen LogP contribution in [0.1, 0.15) is 40.0 Å². The summed E-state index contributed by atoms with van der Waals surface area (Å²) in [6, 6.07) is 3.11. The third-order valence-electron chi connectivity index (χ3n) is 5.08. The topological polar surface area (TPSA) is 121 Å². The average Bonchev–Trinajstić information content (AvgIpc) is 3.20. The summed E-state index contributed by atoms with van der Waals surface area (Å²) in [5.74, 6) is -0.650. The van der Waals surface area contributed by atoms with Crippen LogP contribution in [-0.4, -0.2) is 73.3 Å².